The summed E-state index contributed by atoms with van der Waals surface area (Å²) in [6.07, 6.45) is 5.23. The molecule has 1 aliphatic heterocycles. The quantitative estimate of drug-likeness (QED) is 0.418. The lowest BCUT2D eigenvalue weighted by molar-refractivity contribution is -0.145. The first-order valence-electron chi connectivity index (χ1n) is 6.10. The van der Waals surface area contributed by atoms with Gasteiger partial charge in [-0.3, -0.25) is 0 Å². The van der Waals surface area contributed by atoms with Gasteiger partial charge in [0.25, 0.3) is 0 Å². The van der Waals surface area contributed by atoms with Crippen molar-refractivity contribution in [3.05, 3.63) is 12.7 Å². The predicted molar refractivity (Wildman–Crippen MR) is 60.9 cm³/mol. The lowest BCUT2D eigenvalue weighted by Gasteiger charge is -2.21. The average molecular weight is 224 g/mol. The second kappa shape index (κ2) is 4.58. The smallest absolute Gasteiger partial charge is 0.330 e. The minimum atomic E-state index is -0.297. The van der Waals surface area contributed by atoms with Crippen molar-refractivity contribution in [2.45, 2.75) is 51.4 Å². The van der Waals surface area contributed by atoms with Crippen LogP contribution in [0.5, 0.6) is 0 Å². The van der Waals surface area contributed by atoms with Crippen LogP contribution >= 0.6 is 0 Å². The molecule has 1 aliphatic carbocycles. The summed E-state index contributed by atoms with van der Waals surface area (Å²) in [7, 11) is 0. The molecular formula is C13H20O3. The van der Waals surface area contributed by atoms with E-state index in [-0.39, 0.29) is 12.1 Å². The Morgan fingerprint density at radius 1 is 1.50 bits per heavy atom. The molecule has 16 heavy (non-hydrogen) atoms. The van der Waals surface area contributed by atoms with Gasteiger partial charge in [-0.2, -0.15) is 0 Å². The van der Waals surface area contributed by atoms with E-state index in [1.807, 2.05) is 0 Å². The van der Waals surface area contributed by atoms with E-state index in [1.54, 1.807) is 0 Å². The van der Waals surface area contributed by atoms with Crippen LogP contribution in [0.4, 0.5) is 0 Å². The van der Waals surface area contributed by atoms with Gasteiger partial charge in [-0.05, 0) is 32.1 Å². The number of hydrogen-bond donors (Lipinski definition) is 0. The van der Waals surface area contributed by atoms with E-state index in [9.17, 15) is 4.79 Å². The molecule has 5 unspecified atom stereocenters. The Bertz CT molecular complexity index is 287. The van der Waals surface area contributed by atoms with Gasteiger partial charge in [-0.15, -0.1) is 0 Å². The van der Waals surface area contributed by atoms with Gasteiger partial charge < -0.3 is 9.47 Å². The first kappa shape index (κ1) is 11.6. The fraction of sp³-hybridized carbons (Fsp3) is 0.769. The Hall–Kier alpha value is -0.830. The number of carbonyl (C=O) groups is 1. The van der Waals surface area contributed by atoms with Crippen LogP contribution in [0, 0.1) is 11.8 Å². The SMILES string of the molecule is C=CC(=O)OC1CCC(C)C1CC1OC1C. The fourth-order valence-corrected chi connectivity index (χ4v) is 2.70. The van der Waals surface area contributed by atoms with Crippen LogP contribution in [0.15, 0.2) is 12.7 Å². The molecule has 0 spiro atoms. The average Bonchev–Trinajstić information content (AvgIpc) is 2.86. The fourth-order valence-electron chi connectivity index (χ4n) is 2.70. The molecule has 3 heteroatoms. The standard InChI is InChI=1S/C13H20O3/c1-4-13(14)16-11-6-5-8(2)10(11)7-12-9(3)15-12/h4,8-12H,1,5-7H2,2-3H3. The highest BCUT2D eigenvalue weighted by atomic mass is 16.6. The summed E-state index contributed by atoms with van der Waals surface area (Å²) in [5, 5.41) is 0. The number of ether oxygens (including phenoxy) is 2. The number of esters is 1. The lowest BCUT2D eigenvalue weighted by Crippen LogP contribution is -2.25. The Labute approximate surface area is 96.8 Å². The molecule has 2 rings (SSSR count). The molecule has 0 aromatic rings. The Kier molecular flexibility index (Phi) is 3.33. The number of rotatable bonds is 4. The van der Waals surface area contributed by atoms with E-state index in [0.29, 0.717) is 24.0 Å². The van der Waals surface area contributed by atoms with E-state index in [1.165, 1.54) is 6.08 Å². The molecule has 0 aromatic heterocycles. The van der Waals surface area contributed by atoms with Crippen LogP contribution in [0.2, 0.25) is 0 Å². The van der Waals surface area contributed by atoms with Crippen LogP contribution in [0.25, 0.3) is 0 Å². The van der Waals surface area contributed by atoms with E-state index in [2.05, 4.69) is 20.4 Å². The molecule has 1 heterocycles. The third-order valence-electron chi connectivity index (χ3n) is 3.89. The van der Waals surface area contributed by atoms with E-state index < -0.39 is 0 Å². The van der Waals surface area contributed by atoms with E-state index >= 15 is 0 Å². The summed E-state index contributed by atoms with van der Waals surface area (Å²) < 4.78 is 10.8. The van der Waals surface area contributed by atoms with Gasteiger partial charge in [0.05, 0.1) is 12.2 Å². The molecule has 0 bridgehead atoms. The Morgan fingerprint density at radius 3 is 2.75 bits per heavy atom. The number of carbonyl (C=O) groups excluding carboxylic acids is 1. The number of hydrogen-bond acceptors (Lipinski definition) is 3. The summed E-state index contributed by atoms with van der Waals surface area (Å²) in [6, 6.07) is 0. The molecule has 2 aliphatic rings. The van der Waals surface area contributed by atoms with Crippen molar-refractivity contribution < 1.29 is 14.3 Å². The molecule has 1 saturated carbocycles. The van der Waals surface area contributed by atoms with Crippen LogP contribution in [-0.4, -0.2) is 24.3 Å². The third-order valence-corrected chi connectivity index (χ3v) is 3.89. The van der Waals surface area contributed by atoms with Crippen molar-refractivity contribution >= 4 is 5.97 Å². The van der Waals surface area contributed by atoms with Crippen molar-refractivity contribution in [3.63, 3.8) is 0 Å². The van der Waals surface area contributed by atoms with Gasteiger partial charge in [0.2, 0.25) is 0 Å². The largest absolute Gasteiger partial charge is 0.459 e. The van der Waals surface area contributed by atoms with Gasteiger partial charge >= 0.3 is 5.97 Å². The second-order valence-electron chi connectivity index (χ2n) is 5.01. The summed E-state index contributed by atoms with van der Waals surface area (Å²) >= 11 is 0. The summed E-state index contributed by atoms with van der Waals surface area (Å²) in [4.78, 5) is 11.2. The monoisotopic (exact) mass is 224 g/mol. The van der Waals surface area contributed by atoms with E-state index in [4.69, 9.17) is 9.47 Å². The molecule has 1 saturated heterocycles. The van der Waals surface area contributed by atoms with Crippen molar-refractivity contribution in [2.75, 3.05) is 0 Å². The van der Waals surface area contributed by atoms with Crippen molar-refractivity contribution in [3.8, 4) is 0 Å². The molecule has 3 nitrogen and oxygen atoms in total. The zero-order chi connectivity index (χ0) is 11.7. The van der Waals surface area contributed by atoms with Crippen LogP contribution in [0.1, 0.15) is 33.1 Å². The highest BCUT2D eigenvalue weighted by molar-refractivity contribution is 5.81. The van der Waals surface area contributed by atoms with Crippen LogP contribution in [-0.2, 0) is 14.3 Å². The maximum absolute atomic E-state index is 11.2. The summed E-state index contributed by atoms with van der Waals surface area (Å²) in [5.74, 6) is 0.784. The zero-order valence-electron chi connectivity index (χ0n) is 10.0. The van der Waals surface area contributed by atoms with Crippen molar-refractivity contribution in [1.29, 1.82) is 0 Å². The first-order valence-corrected chi connectivity index (χ1v) is 6.10. The first-order chi connectivity index (χ1) is 7.61. The highest BCUT2D eigenvalue weighted by Gasteiger charge is 2.43. The minimum absolute atomic E-state index is 0.0666. The molecule has 0 aromatic carbocycles. The van der Waals surface area contributed by atoms with Crippen LogP contribution < -0.4 is 0 Å². The Morgan fingerprint density at radius 2 is 2.19 bits per heavy atom. The lowest BCUT2D eigenvalue weighted by atomic mass is 9.91. The van der Waals surface area contributed by atoms with Gasteiger partial charge in [0, 0.05) is 12.0 Å². The molecule has 2 fully saturated rings. The maximum atomic E-state index is 11.2. The molecule has 90 valence electrons. The highest BCUT2D eigenvalue weighted by Crippen LogP contribution is 2.41. The van der Waals surface area contributed by atoms with Gasteiger partial charge in [0.15, 0.2) is 0 Å². The van der Waals surface area contributed by atoms with E-state index in [0.717, 1.165) is 19.3 Å². The minimum Gasteiger partial charge on any atom is -0.459 e. The van der Waals surface area contributed by atoms with Gasteiger partial charge in [-0.1, -0.05) is 13.5 Å². The molecule has 0 amide bonds. The maximum Gasteiger partial charge on any atom is 0.330 e. The molecule has 0 N–H and O–H groups in total. The van der Waals surface area contributed by atoms with Crippen LogP contribution in [0.3, 0.4) is 0 Å². The van der Waals surface area contributed by atoms with Gasteiger partial charge in [-0.25, -0.2) is 4.79 Å². The molecule has 5 atom stereocenters. The summed E-state index contributed by atoms with van der Waals surface area (Å²) in [6.45, 7) is 7.76. The molecule has 0 radical (unpaired) electrons. The van der Waals surface area contributed by atoms with Crippen molar-refractivity contribution in [2.24, 2.45) is 11.8 Å². The third kappa shape index (κ3) is 2.46. The zero-order valence-corrected chi connectivity index (χ0v) is 10.0. The predicted octanol–water partition coefficient (Wildman–Crippen LogP) is 2.31. The second-order valence-corrected chi connectivity index (χ2v) is 5.01. The van der Waals surface area contributed by atoms with Crippen molar-refractivity contribution in [1.82, 2.24) is 0 Å². The molecular weight excluding hydrogens is 204 g/mol. The summed E-state index contributed by atoms with van der Waals surface area (Å²) in [5.41, 5.74) is 0. The Balaban J connectivity index is 1.90. The normalized spacial score (nSPS) is 41.8. The van der Waals surface area contributed by atoms with Gasteiger partial charge in [0.1, 0.15) is 6.10 Å². The number of epoxide rings is 1. The topological polar surface area (TPSA) is 38.8 Å².